The molecule has 6 heteroatoms. The van der Waals surface area contributed by atoms with Gasteiger partial charge in [-0.1, -0.05) is 11.6 Å². The molecule has 1 N–H and O–H groups in total. The fourth-order valence-electron chi connectivity index (χ4n) is 1.01. The highest BCUT2D eigenvalue weighted by atomic mass is 35.5. The monoisotopic (exact) mass is 230 g/mol. The van der Waals surface area contributed by atoms with Crippen LogP contribution in [0.5, 0.6) is 0 Å². The summed E-state index contributed by atoms with van der Waals surface area (Å²) >= 11 is 6.88. The molecule has 3 nitrogen and oxygen atoms in total. The lowest BCUT2D eigenvalue weighted by Gasteiger charge is -1.96. The molecule has 72 valence electrons. The summed E-state index contributed by atoms with van der Waals surface area (Å²) in [4.78, 5) is 17.0. The topological polar surface area (TPSA) is 45.8 Å². The summed E-state index contributed by atoms with van der Waals surface area (Å²) in [7, 11) is 0. The zero-order valence-corrected chi connectivity index (χ0v) is 8.32. The lowest BCUT2D eigenvalue weighted by atomic mass is 10.3. The maximum Gasteiger partial charge on any atom is 0.345 e. The van der Waals surface area contributed by atoms with E-state index in [1.54, 1.807) is 12.1 Å². The fourth-order valence-corrected chi connectivity index (χ4v) is 2.05. The Morgan fingerprint density at radius 2 is 2.29 bits per heavy atom. The Morgan fingerprint density at radius 3 is 2.93 bits per heavy atom. The molecule has 0 aliphatic heterocycles. The second kappa shape index (κ2) is 3.51. The molecule has 0 bridgehead atoms. The van der Waals surface area contributed by atoms with Crippen molar-refractivity contribution < 1.29 is 4.39 Å². The van der Waals surface area contributed by atoms with Crippen molar-refractivity contribution in [3.05, 3.63) is 39.0 Å². The molecule has 0 fully saturated rings. The van der Waals surface area contributed by atoms with E-state index in [9.17, 15) is 9.18 Å². The highest BCUT2D eigenvalue weighted by Crippen LogP contribution is 2.30. The lowest BCUT2D eigenvalue weighted by molar-refractivity contribution is 0.616. The zero-order valence-electron chi connectivity index (χ0n) is 6.75. The highest BCUT2D eigenvalue weighted by Gasteiger charge is 2.08. The quantitative estimate of drug-likeness (QED) is 0.817. The number of H-pyrrole nitrogens is 1. The van der Waals surface area contributed by atoms with Crippen molar-refractivity contribution in [2.45, 2.75) is 0 Å². The van der Waals surface area contributed by atoms with Crippen LogP contribution in [0.25, 0.3) is 10.6 Å². The summed E-state index contributed by atoms with van der Waals surface area (Å²) < 4.78 is 13.7. The van der Waals surface area contributed by atoms with Crippen LogP contribution in [0, 0.1) is 5.82 Å². The van der Waals surface area contributed by atoms with Crippen LogP contribution < -0.4 is 5.69 Å². The SMILES string of the molecule is O=c1ncc(F)c(-c2ccc(Cl)s2)[nH]1. The summed E-state index contributed by atoms with van der Waals surface area (Å²) in [5.74, 6) is -0.567. The molecule has 0 aliphatic rings. The molecule has 2 aromatic heterocycles. The molecule has 14 heavy (non-hydrogen) atoms. The van der Waals surface area contributed by atoms with Gasteiger partial charge in [0.25, 0.3) is 0 Å². The van der Waals surface area contributed by atoms with Gasteiger partial charge in [-0.25, -0.2) is 9.18 Å². The number of thiophene rings is 1. The number of aromatic amines is 1. The molecule has 0 aromatic carbocycles. The Hall–Kier alpha value is -1.20. The van der Waals surface area contributed by atoms with Crippen LogP contribution in [0.2, 0.25) is 4.34 Å². The van der Waals surface area contributed by atoms with E-state index in [0.717, 1.165) is 6.20 Å². The van der Waals surface area contributed by atoms with Crippen LogP contribution in [-0.4, -0.2) is 9.97 Å². The van der Waals surface area contributed by atoms with Crippen LogP contribution in [0.3, 0.4) is 0 Å². The number of hydrogen-bond donors (Lipinski definition) is 1. The molecular formula is C8H4ClFN2OS. The van der Waals surface area contributed by atoms with E-state index in [0.29, 0.717) is 9.21 Å². The number of hydrogen-bond acceptors (Lipinski definition) is 3. The standard InChI is InChI=1S/C8H4ClFN2OS/c9-6-2-1-5(14-6)7-4(10)3-11-8(13)12-7/h1-3H,(H,11,12,13). The Labute approximate surface area is 87.2 Å². The van der Waals surface area contributed by atoms with Crippen molar-refractivity contribution in [3.63, 3.8) is 0 Å². The van der Waals surface area contributed by atoms with Gasteiger partial charge in [-0.2, -0.15) is 4.98 Å². The van der Waals surface area contributed by atoms with E-state index in [2.05, 4.69) is 9.97 Å². The molecule has 0 saturated heterocycles. The third-order valence-electron chi connectivity index (χ3n) is 1.59. The summed E-state index contributed by atoms with van der Waals surface area (Å²) in [5.41, 5.74) is -0.451. The van der Waals surface area contributed by atoms with Gasteiger partial charge in [0.1, 0.15) is 0 Å². The molecule has 2 heterocycles. The molecule has 0 atom stereocenters. The van der Waals surface area contributed by atoms with E-state index >= 15 is 0 Å². The van der Waals surface area contributed by atoms with Crippen molar-refractivity contribution >= 4 is 22.9 Å². The first-order valence-corrected chi connectivity index (χ1v) is 4.87. The van der Waals surface area contributed by atoms with Crippen LogP contribution >= 0.6 is 22.9 Å². The van der Waals surface area contributed by atoms with Crippen molar-refractivity contribution in [1.29, 1.82) is 0 Å². The Kier molecular flexibility index (Phi) is 2.35. The van der Waals surface area contributed by atoms with Crippen molar-refractivity contribution in [2.24, 2.45) is 0 Å². The predicted molar refractivity (Wildman–Crippen MR) is 53.1 cm³/mol. The first-order chi connectivity index (χ1) is 6.66. The van der Waals surface area contributed by atoms with E-state index in [-0.39, 0.29) is 5.69 Å². The number of nitrogens with zero attached hydrogens (tertiary/aromatic N) is 1. The third kappa shape index (κ3) is 1.69. The van der Waals surface area contributed by atoms with Crippen molar-refractivity contribution in [3.8, 4) is 10.6 Å². The Bertz CT molecular complexity index is 522. The second-order valence-corrected chi connectivity index (χ2v) is 4.23. The fraction of sp³-hybridized carbons (Fsp3) is 0. The van der Waals surface area contributed by atoms with E-state index in [4.69, 9.17) is 11.6 Å². The van der Waals surface area contributed by atoms with Crippen LogP contribution in [0.15, 0.2) is 23.1 Å². The van der Waals surface area contributed by atoms with Crippen molar-refractivity contribution in [2.75, 3.05) is 0 Å². The van der Waals surface area contributed by atoms with Gasteiger partial charge in [0.2, 0.25) is 0 Å². The normalized spacial score (nSPS) is 10.4. The van der Waals surface area contributed by atoms with E-state index < -0.39 is 11.5 Å². The van der Waals surface area contributed by atoms with Crippen molar-refractivity contribution in [1.82, 2.24) is 9.97 Å². The number of rotatable bonds is 1. The van der Waals surface area contributed by atoms with E-state index in [1.165, 1.54) is 11.3 Å². The molecule has 2 aromatic rings. The molecular weight excluding hydrogens is 227 g/mol. The first-order valence-electron chi connectivity index (χ1n) is 3.67. The van der Waals surface area contributed by atoms with Gasteiger partial charge >= 0.3 is 5.69 Å². The molecule has 0 spiro atoms. The average Bonchev–Trinajstić information content (AvgIpc) is 2.56. The first kappa shape index (κ1) is 9.36. The second-order valence-electron chi connectivity index (χ2n) is 2.52. The Balaban J connectivity index is 2.61. The summed E-state index contributed by atoms with van der Waals surface area (Å²) in [6, 6.07) is 3.28. The molecule has 0 saturated carbocycles. The van der Waals surface area contributed by atoms with Crippen LogP contribution in [0.1, 0.15) is 0 Å². The summed E-state index contributed by atoms with van der Waals surface area (Å²) in [5, 5.41) is 0. The molecule has 0 radical (unpaired) electrons. The van der Waals surface area contributed by atoms with E-state index in [1.807, 2.05) is 0 Å². The van der Waals surface area contributed by atoms with Crippen LogP contribution in [-0.2, 0) is 0 Å². The van der Waals surface area contributed by atoms with Gasteiger partial charge in [0.05, 0.1) is 21.1 Å². The molecule has 2 rings (SSSR count). The summed E-state index contributed by atoms with van der Waals surface area (Å²) in [6.45, 7) is 0. The van der Waals surface area contributed by atoms with Gasteiger partial charge in [-0.15, -0.1) is 11.3 Å². The maximum absolute atomic E-state index is 13.2. The zero-order chi connectivity index (χ0) is 10.1. The Morgan fingerprint density at radius 1 is 1.50 bits per heavy atom. The average molecular weight is 231 g/mol. The molecule has 0 amide bonds. The molecule has 0 aliphatic carbocycles. The van der Waals surface area contributed by atoms with Gasteiger partial charge in [-0.05, 0) is 12.1 Å². The number of halogens is 2. The maximum atomic E-state index is 13.2. The van der Waals surface area contributed by atoms with Gasteiger partial charge in [0.15, 0.2) is 5.82 Å². The largest absolute Gasteiger partial charge is 0.345 e. The number of aromatic nitrogens is 2. The predicted octanol–water partition coefficient (Wildman–Crippen LogP) is 2.29. The summed E-state index contributed by atoms with van der Waals surface area (Å²) in [6.07, 6.45) is 0.891. The lowest BCUT2D eigenvalue weighted by Crippen LogP contribution is -2.11. The van der Waals surface area contributed by atoms with Gasteiger partial charge in [0, 0.05) is 0 Å². The third-order valence-corrected chi connectivity index (χ3v) is 2.83. The highest BCUT2D eigenvalue weighted by molar-refractivity contribution is 7.19. The molecule has 0 unspecified atom stereocenters. The van der Waals surface area contributed by atoms with Gasteiger partial charge < -0.3 is 4.98 Å². The van der Waals surface area contributed by atoms with Crippen LogP contribution in [0.4, 0.5) is 4.39 Å². The smallest absolute Gasteiger partial charge is 0.302 e. The van der Waals surface area contributed by atoms with Gasteiger partial charge in [-0.3, -0.25) is 0 Å². The number of nitrogens with one attached hydrogen (secondary N) is 1. The minimum absolute atomic E-state index is 0.127. The minimum atomic E-state index is -0.578. The minimum Gasteiger partial charge on any atom is -0.302 e.